The zero-order valence-electron chi connectivity index (χ0n) is 21.6. The van der Waals surface area contributed by atoms with Crippen molar-refractivity contribution in [1.82, 2.24) is 25.3 Å². The first-order chi connectivity index (χ1) is 18.7. The van der Waals surface area contributed by atoms with Crippen molar-refractivity contribution in [3.05, 3.63) is 84.3 Å². The predicted octanol–water partition coefficient (Wildman–Crippen LogP) is 5.70. The fourth-order valence-electron chi connectivity index (χ4n) is 5.60. The highest BCUT2D eigenvalue weighted by atomic mass is 15.2. The van der Waals surface area contributed by atoms with Crippen LogP contribution in [-0.4, -0.2) is 46.1 Å². The largest absolute Gasteiger partial charge is 0.364 e. The quantitative estimate of drug-likeness (QED) is 0.309. The number of benzene rings is 2. The molecule has 1 aliphatic heterocycles. The molecule has 2 aliphatic rings. The first-order valence-corrected chi connectivity index (χ1v) is 13.6. The van der Waals surface area contributed by atoms with Crippen LogP contribution in [0.3, 0.4) is 0 Å². The van der Waals surface area contributed by atoms with E-state index in [1.165, 1.54) is 40.1 Å². The Morgan fingerprint density at radius 2 is 1.82 bits per heavy atom. The van der Waals surface area contributed by atoms with Crippen molar-refractivity contribution in [3.63, 3.8) is 0 Å². The second kappa shape index (κ2) is 9.65. The van der Waals surface area contributed by atoms with Crippen molar-refractivity contribution < 1.29 is 0 Å². The Balaban J connectivity index is 1.26. The summed E-state index contributed by atoms with van der Waals surface area (Å²) in [6, 6.07) is 19.1. The molecule has 1 unspecified atom stereocenters. The molecule has 0 bridgehead atoms. The normalized spacial score (nSPS) is 16.6. The number of nitrogens with zero attached hydrogens (tertiary/aromatic N) is 5. The molecule has 2 aromatic carbocycles. The zero-order chi connectivity index (χ0) is 25.5. The van der Waals surface area contributed by atoms with Gasteiger partial charge in [0.2, 0.25) is 0 Å². The maximum atomic E-state index is 5.19. The summed E-state index contributed by atoms with van der Waals surface area (Å²) in [5, 5.41) is 10.7. The van der Waals surface area contributed by atoms with Crippen LogP contribution < -0.4 is 15.5 Å². The second-order valence-electron chi connectivity index (χ2n) is 10.4. The van der Waals surface area contributed by atoms with E-state index < -0.39 is 0 Å². The van der Waals surface area contributed by atoms with E-state index in [4.69, 9.17) is 9.97 Å². The highest BCUT2D eigenvalue weighted by Gasteiger charge is 2.29. The minimum atomic E-state index is 0.0862. The Labute approximate surface area is 222 Å². The summed E-state index contributed by atoms with van der Waals surface area (Å²) in [5.41, 5.74) is 4.41. The number of fused-ring (bicyclic) bond motifs is 2. The van der Waals surface area contributed by atoms with E-state index in [9.17, 15) is 0 Å². The van der Waals surface area contributed by atoms with Crippen molar-refractivity contribution >= 4 is 33.3 Å². The van der Waals surface area contributed by atoms with Crippen molar-refractivity contribution in [2.24, 2.45) is 0 Å². The maximum Gasteiger partial charge on any atom is 0.162 e. The summed E-state index contributed by atoms with van der Waals surface area (Å²) in [7, 11) is 0. The van der Waals surface area contributed by atoms with Gasteiger partial charge in [0.1, 0.15) is 11.6 Å². The Morgan fingerprint density at radius 1 is 0.974 bits per heavy atom. The van der Waals surface area contributed by atoms with Crippen LogP contribution in [0.2, 0.25) is 0 Å². The van der Waals surface area contributed by atoms with E-state index in [0.29, 0.717) is 11.7 Å². The number of hydrogen-bond donors (Lipinski definition) is 2. The third kappa shape index (κ3) is 4.33. The van der Waals surface area contributed by atoms with Crippen molar-refractivity contribution in [1.29, 1.82) is 0 Å². The van der Waals surface area contributed by atoms with Gasteiger partial charge in [-0.1, -0.05) is 42.5 Å². The molecule has 0 amide bonds. The molecule has 5 aromatic rings. The van der Waals surface area contributed by atoms with Gasteiger partial charge in [-0.25, -0.2) is 15.0 Å². The number of anilines is 2. The van der Waals surface area contributed by atoms with Gasteiger partial charge in [0.25, 0.3) is 0 Å². The van der Waals surface area contributed by atoms with Gasteiger partial charge >= 0.3 is 0 Å². The minimum absolute atomic E-state index is 0.0862. The lowest BCUT2D eigenvalue weighted by Crippen LogP contribution is -2.44. The highest BCUT2D eigenvalue weighted by molar-refractivity contribution is 5.94. The second-order valence-corrected chi connectivity index (χ2v) is 10.4. The van der Waals surface area contributed by atoms with Crippen molar-refractivity contribution in [2.45, 2.75) is 31.7 Å². The van der Waals surface area contributed by atoms with Crippen molar-refractivity contribution in [2.75, 3.05) is 36.4 Å². The molecule has 7 heteroatoms. The van der Waals surface area contributed by atoms with Crippen LogP contribution >= 0.6 is 0 Å². The summed E-state index contributed by atoms with van der Waals surface area (Å²) in [4.78, 5) is 21.8. The highest BCUT2D eigenvalue weighted by Crippen LogP contribution is 2.45. The Bertz CT molecular complexity index is 1620. The molecule has 190 valence electrons. The predicted molar refractivity (Wildman–Crippen MR) is 154 cm³/mol. The van der Waals surface area contributed by atoms with Gasteiger partial charge in [-0.2, -0.15) is 0 Å². The van der Waals surface area contributed by atoms with E-state index in [-0.39, 0.29) is 6.04 Å². The van der Waals surface area contributed by atoms with E-state index in [0.717, 1.165) is 48.9 Å². The third-order valence-electron chi connectivity index (χ3n) is 7.72. The van der Waals surface area contributed by atoms with Gasteiger partial charge in [-0.3, -0.25) is 4.98 Å². The fourth-order valence-corrected chi connectivity index (χ4v) is 5.60. The SMILES string of the molecule is CC(Nc1cc(-c2nc(N3CCNCC3)c3c(C4CC4)cncc3n2)ccn1)c1cccc2ccccc12. The topological polar surface area (TPSA) is 78.9 Å². The molecule has 7 rings (SSSR count). The molecule has 2 N–H and O–H groups in total. The van der Waals surface area contributed by atoms with E-state index >= 15 is 0 Å². The van der Waals surface area contributed by atoms with Gasteiger partial charge in [-0.05, 0) is 59.7 Å². The Kier molecular flexibility index (Phi) is 5.85. The fraction of sp³-hybridized carbons (Fsp3) is 0.290. The molecule has 7 nitrogen and oxygen atoms in total. The van der Waals surface area contributed by atoms with Crippen LogP contribution in [-0.2, 0) is 0 Å². The molecule has 1 aliphatic carbocycles. The molecule has 4 heterocycles. The standard InChI is InChI=1S/C31H31N7/c1-20(24-8-4-6-21-5-2-3-7-25(21)24)35-28-17-23(11-12-34-28)30-36-27-19-33-18-26(22-9-10-22)29(27)31(37-30)38-15-13-32-14-16-38/h2-8,11-12,17-20,22,32H,9-10,13-16H2,1H3,(H,34,35). The molecule has 3 aromatic heterocycles. The maximum absolute atomic E-state index is 5.19. The summed E-state index contributed by atoms with van der Waals surface area (Å²) in [5.74, 6) is 3.13. The zero-order valence-corrected chi connectivity index (χ0v) is 21.6. The number of rotatable bonds is 6. The smallest absolute Gasteiger partial charge is 0.162 e. The lowest BCUT2D eigenvalue weighted by atomic mass is 10.00. The molecular weight excluding hydrogens is 470 g/mol. The van der Waals surface area contributed by atoms with Crippen LogP contribution in [0.25, 0.3) is 33.1 Å². The molecule has 2 fully saturated rings. The lowest BCUT2D eigenvalue weighted by molar-refractivity contribution is 0.586. The third-order valence-corrected chi connectivity index (χ3v) is 7.72. The molecule has 0 spiro atoms. The van der Waals surface area contributed by atoms with Crippen LogP contribution in [0.4, 0.5) is 11.6 Å². The minimum Gasteiger partial charge on any atom is -0.364 e. The molecule has 1 saturated carbocycles. The van der Waals surface area contributed by atoms with E-state index in [1.54, 1.807) is 0 Å². The monoisotopic (exact) mass is 501 g/mol. The van der Waals surface area contributed by atoms with Crippen molar-refractivity contribution in [3.8, 4) is 11.4 Å². The van der Waals surface area contributed by atoms with Crippen LogP contribution in [0.1, 0.15) is 42.9 Å². The number of hydrogen-bond acceptors (Lipinski definition) is 7. The molecule has 0 radical (unpaired) electrons. The summed E-state index contributed by atoms with van der Waals surface area (Å²) in [6.45, 7) is 5.96. The van der Waals surface area contributed by atoms with Gasteiger partial charge in [0.15, 0.2) is 5.82 Å². The summed E-state index contributed by atoms with van der Waals surface area (Å²) >= 11 is 0. The number of pyridine rings is 2. The molecule has 38 heavy (non-hydrogen) atoms. The average molecular weight is 502 g/mol. The first kappa shape index (κ1) is 23.0. The van der Waals surface area contributed by atoms with Gasteiger partial charge in [0.05, 0.1) is 17.8 Å². The van der Waals surface area contributed by atoms with Gasteiger partial charge in [-0.15, -0.1) is 0 Å². The number of piperazine rings is 1. The van der Waals surface area contributed by atoms with Gasteiger partial charge < -0.3 is 15.5 Å². The lowest BCUT2D eigenvalue weighted by Gasteiger charge is -2.30. The summed E-state index contributed by atoms with van der Waals surface area (Å²) in [6.07, 6.45) is 8.19. The molecular formula is C31H31N7. The van der Waals surface area contributed by atoms with Gasteiger partial charge in [0, 0.05) is 49.5 Å². The van der Waals surface area contributed by atoms with E-state index in [2.05, 4.69) is 81.0 Å². The number of aromatic nitrogens is 4. The van der Waals surface area contributed by atoms with Crippen LogP contribution in [0.5, 0.6) is 0 Å². The van der Waals surface area contributed by atoms with Crippen LogP contribution in [0, 0.1) is 0 Å². The molecule has 1 saturated heterocycles. The van der Waals surface area contributed by atoms with E-state index in [1.807, 2.05) is 24.7 Å². The summed E-state index contributed by atoms with van der Waals surface area (Å²) < 4.78 is 0. The van der Waals surface area contributed by atoms with Crippen LogP contribution in [0.15, 0.2) is 73.2 Å². The average Bonchev–Trinajstić information content (AvgIpc) is 3.82. The Morgan fingerprint density at radius 3 is 2.68 bits per heavy atom. The molecule has 1 atom stereocenters. The number of nitrogens with one attached hydrogen (secondary N) is 2. The first-order valence-electron chi connectivity index (χ1n) is 13.6. The Hall–Kier alpha value is -4.10.